The van der Waals surface area contributed by atoms with Gasteiger partial charge in [0.25, 0.3) is 5.91 Å². The minimum absolute atomic E-state index is 0.0585. The molecule has 1 fully saturated rings. The van der Waals surface area contributed by atoms with Gasteiger partial charge in [0.1, 0.15) is 0 Å². The Hall–Kier alpha value is -2.37. The SMILES string of the molecule is CCCN(CCC(=O)O)C(=O)c1ccc(CNC(=O)C2CCCCC2)cc1. The lowest BCUT2D eigenvalue weighted by Crippen LogP contribution is -2.33. The highest BCUT2D eigenvalue weighted by Gasteiger charge is 2.20. The zero-order valence-corrected chi connectivity index (χ0v) is 16.1. The Bertz CT molecular complexity index is 636. The molecule has 1 aliphatic carbocycles. The van der Waals surface area contributed by atoms with Gasteiger partial charge < -0.3 is 15.3 Å². The van der Waals surface area contributed by atoms with Crippen LogP contribution in [0.25, 0.3) is 0 Å². The number of benzene rings is 1. The molecule has 2 N–H and O–H groups in total. The van der Waals surface area contributed by atoms with Gasteiger partial charge in [0.15, 0.2) is 0 Å². The van der Waals surface area contributed by atoms with E-state index in [2.05, 4.69) is 5.32 Å². The molecule has 1 aromatic carbocycles. The predicted octanol–water partition coefficient (Wildman–Crippen LogP) is 3.21. The topological polar surface area (TPSA) is 86.7 Å². The van der Waals surface area contributed by atoms with Crippen molar-refractivity contribution in [3.63, 3.8) is 0 Å². The van der Waals surface area contributed by atoms with Crippen LogP contribution in [0.15, 0.2) is 24.3 Å². The Morgan fingerprint density at radius 1 is 1.07 bits per heavy atom. The second kappa shape index (κ2) is 10.7. The van der Waals surface area contributed by atoms with E-state index in [9.17, 15) is 14.4 Å². The van der Waals surface area contributed by atoms with E-state index >= 15 is 0 Å². The van der Waals surface area contributed by atoms with Crippen molar-refractivity contribution in [1.82, 2.24) is 10.2 Å². The molecular formula is C21H30N2O4. The molecule has 6 nitrogen and oxygen atoms in total. The number of aliphatic carboxylic acids is 1. The summed E-state index contributed by atoms with van der Waals surface area (Å²) in [4.78, 5) is 37.2. The Morgan fingerprint density at radius 2 is 1.74 bits per heavy atom. The maximum atomic E-state index is 12.6. The van der Waals surface area contributed by atoms with E-state index < -0.39 is 5.97 Å². The van der Waals surface area contributed by atoms with Crippen molar-refractivity contribution in [3.05, 3.63) is 35.4 Å². The fourth-order valence-corrected chi connectivity index (χ4v) is 3.46. The average molecular weight is 374 g/mol. The molecule has 0 radical (unpaired) electrons. The Morgan fingerprint density at radius 3 is 2.33 bits per heavy atom. The Balaban J connectivity index is 1.89. The normalized spacial score (nSPS) is 14.6. The van der Waals surface area contributed by atoms with E-state index in [0.29, 0.717) is 18.7 Å². The van der Waals surface area contributed by atoms with Crippen LogP contribution in [0, 0.1) is 5.92 Å². The van der Waals surface area contributed by atoms with Gasteiger partial charge in [-0.1, -0.05) is 38.3 Å². The molecule has 0 aromatic heterocycles. The van der Waals surface area contributed by atoms with E-state index in [1.54, 1.807) is 17.0 Å². The fourth-order valence-electron chi connectivity index (χ4n) is 3.46. The third-order valence-electron chi connectivity index (χ3n) is 5.02. The highest BCUT2D eigenvalue weighted by molar-refractivity contribution is 5.94. The summed E-state index contributed by atoms with van der Waals surface area (Å²) < 4.78 is 0. The van der Waals surface area contributed by atoms with Crippen LogP contribution in [0.4, 0.5) is 0 Å². The molecular weight excluding hydrogens is 344 g/mol. The maximum Gasteiger partial charge on any atom is 0.305 e. The van der Waals surface area contributed by atoms with Crippen LogP contribution < -0.4 is 5.32 Å². The van der Waals surface area contributed by atoms with Crippen molar-refractivity contribution >= 4 is 17.8 Å². The molecule has 0 saturated heterocycles. The second-order valence-corrected chi connectivity index (χ2v) is 7.19. The van der Waals surface area contributed by atoms with Gasteiger partial charge in [-0.2, -0.15) is 0 Å². The van der Waals surface area contributed by atoms with E-state index in [0.717, 1.165) is 37.7 Å². The van der Waals surface area contributed by atoms with Gasteiger partial charge in [-0.3, -0.25) is 14.4 Å². The van der Waals surface area contributed by atoms with Crippen LogP contribution >= 0.6 is 0 Å². The van der Waals surface area contributed by atoms with Crippen LogP contribution in [0.2, 0.25) is 0 Å². The van der Waals surface area contributed by atoms with Crippen molar-refractivity contribution in [2.45, 2.75) is 58.4 Å². The standard InChI is InChI=1S/C21H30N2O4/c1-2-13-23(14-12-19(24)25)21(27)18-10-8-16(9-11-18)15-22-20(26)17-6-4-3-5-7-17/h8-11,17H,2-7,12-15H2,1H3,(H,22,26)(H,24,25). The summed E-state index contributed by atoms with van der Waals surface area (Å²) in [5.74, 6) is -0.807. The van der Waals surface area contributed by atoms with Crippen molar-refractivity contribution in [2.75, 3.05) is 13.1 Å². The van der Waals surface area contributed by atoms with E-state index in [1.165, 1.54) is 6.42 Å². The molecule has 1 aromatic rings. The second-order valence-electron chi connectivity index (χ2n) is 7.19. The molecule has 0 aliphatic heterocycles. The van der Waals surface area contributed by atoms with Crippen molar-refractivity contribution in [1.29, 1.82) is 0 Å². The van der Waals surface area contributed by atoms with Crippen LogP contribution in [0.1, 0.15) is 67.8 Å². The van der Waals surface area contributed by atoms with Gasteiger partial charge >= 0.3 is 5.97 Å². The molecule has 0 spiro atoms. The average Bonchev–Trinajstić information content (AvgIpc) is 2.69. The first-order valence-electron chi connectivity index (χ1n) is 9.89. The lowest BCUT2D eigenvalue weighted by molar-refractivity contribution is -0.137. The molecule has 2 amide bonds. The Labute approximate surface area is 160 Å². The minimum Gasteiger partial charge on any atom is -0.481 e. The fraction of sp³-hybridized carbons (Fsp3) is 0.571. The highest BCUT2D eigenvalue weighted by Crippen LogP contribution is 2.23. The molecule has 27 heavy (non-hydrogen) atoms. The first-order chi connectivity index (χ1) is 13.0. The van der Waals surface area contributed by atoms with Gasteiger partial charge in [-0.15, -0.1) is 0 Å². The van der Waals surface area contributed by atoms with E-state index in [-0.39, 0.29) is 30.7 Å². The van der Waals surface area contributed by atoms with Gasteiger partial charge in [-0.05, 0) is 37.0 Å². The zero-order valence-electron chi connectivity index (χ0n) is 16.1. The number of hydrogen-bond acceptors (Lipinski definition) is 3. The van der Waals surface area contributed by atoms with Crippen LogP contribution in [0.5, 0.6) is 0 Å². The van der Waals surface area contributed by atoms with Crippen LogP contribution in [-0.2, 0) is 16.1 Å². The van der Waals surface area contributed by atoms with Crippen molar-refractivity contribution in [3.8, 4) is 0 Å². The summed E-state index contributed by atoms with van der Waals surface area (Å²) in [6.07, 6.45) is 6.15. The monoisotopic (exact) mass is 374 g/mol. The molecule has 1 saturated carbocycles. The molecule has 6 heteroatoms. The largest absolute Gasteiger partial charge is 0.481 e. The number of amides is 2. The van der Waals surface area contributed by atoms with Crippen molar-refractivity contribution in [2.24, 2.45) is 5.92 Å². The van der Waals surface area contributed by atoms with Gasteiger partial charge in [0.05, 0.1) is 6.42 Å². The minimum atomic E-state index is -0.909. The molecule has 0 bridgehead atoms. The summed E-state index contributed by atoms with van der Waals surface area (Å²) in [6.45, 7) is 3.16. The summed E-state index contributed by atoms with van der Waals surface area (Å²) in [6, 6.07) is 7.17. The third-order valence-corrected chi connectivity index (χ3v) is 5.02. The number of nitrogens with zero attached hydrogens (tertiary/aromatic N) is 1. The van der Waals surface area contributed by atoms with Gasteiger partial charge in [0, 0.05) is 31.1 Å². The number of carbonyl (C=O) groups is 3. The molecule has 148 valence electrons. The Kier molecular flexibility index (Phi) is 8.30. The van der Waals surface area contributed by atoms with Crippen LogP contribution in [0.3, 0.4) is 0 Å². The lowest BCUT2D eigenvalue weighted by Gasteiger charge is -2.22. The highest BCUT2D eigenvalue weighted by atomic mass is 16.4. The van der Waals surface area contributed by atoms with Gasteiger partial charge in [-0.25, -0.2) is 0 Å². The van der Waals surface area contributed by atoms with E-state index in [4.69, 9.17) is 5.11 Å². The number of nitrogens with one attached hydrogen (secondary N) is 1. The lowest BCUT2D eigenvalue weighted by atomic mass is 9.88. The first kappa shape index (κ1) is 20.9. The third kappa shape index (κ3) is 6.70. The molecule has 0 unspecified atom stereocenters. The number of carboxylic acids is 1. The molecule has 2 rings (SSSR count). The molecule has 1 aliphatic rings. The summed E-state index contributed by atoms with van der Waals surface area (Å²) >= 11 is 0. The number of carbonyl (C=O) groups excluding carboxylic acids is 2. The van der Waals surface area contributed by atoms with Crippen LogP contribution in [-0.4, -0.2) is 40.9 Å². The predicted molar refractivity (Wildman–Crippen MR) is 103 cm³/mol. The number of rotatable bonds is 9. The summed E-state index contributed by atoms with van der Waals surface area (Å²) in [5.41, 5.74) is 1.49. The number of carboxylic acid groups (broad SMARTS) is 1. The summed E-state index contributed by atoms with van der Waals surface area (Å²) in [5, 5.41) is 11.8. The molecule has 0 heterocycles. The zero-order chi connectivity index (χ0) is 19.6. The quantitative estimate of drug-likeness (QED) is 0.695. The van der Waals surface area contributed by atoms with E-state index in [1.807, 2.05) is 19.1 Å². The first-order valence-corrected chi connectivity index (χ1v) is 9.89. The maximum absolute atomic E-state index is 12.6. The van der Waals surface area contributed by atoms with Gasteiger partial charge in [0.2, 0.25) is 5.91 Å². The molecule has 0 atom stereocenters. The number of hydrogen-bond donors (Lipinski definition) is 2. The van der Waals surface area contributed by atoms with Crippen molar-refractivity contribution < 1.29 is 19.5 Å². The summed E-state index contributed by atoms with van der Waals surface area (Å²) in [7, 11) is 0. The smallest absolute Gasteiger partial charge is 0.305 e.